The molecule has 0 aliphatic carbocycles. The molecule has 1 aliphatic rings. The molecular weight excluding hydrogens is 306 g/mol. The van der Waals surface area contributed by atoms with Gasteiger partial charge in [0, 0.05) is 29.2 Å². The Hall–Kier alpha value is -3.34. The Labute approximate surface area is 137 Å². The fourth-order valence-corrected chi connectivity index (χ4v) is 2.71. The monoisotopic (exact) mass is 319 g/mol. The van der Waals surface area contributed by atoms with Crippen molar-refractivity contribution in [2.24, 2.45) is 0 Å². The maximum absolute atomic E-state index is 11.7. The minimum atomic E-state index is -0.330. The molecule has 0 N–H and O–H groups in total. The summed E-state index contributed by atoms with van der Waals surface area (Å²) in [6, 6.07) is 14.7. The van der Waals surface area contributed by atoms with Crippen molar-refractivity contribution in [2.45, 2.75) is 0 Å². The van der Waals surface area contributed by atoms with E-state index in [1.807, 2.05) is 36.4 Å². The molecule has 5 nitrogen and oxygen atoms in total. The van der Waals surface area contributed by atoms with Gasteiger partial charge in [0.05, 0.1) is 12.8 Å². The topological polar surface area (TPSA) is 59.8 Å². The number of fused-ring (bicyclic) bond motifs is 1. The molecule has 3 aromatic rings. The second kappa shape index (κ2) is 5.38. The first-order chi connectivity index (χ1) is 11.7. The lowest BCUT2D eigenvalue weighted by Crippen LogP contribution is -2.29. The Bertz CT molecular complexity index is 964. The highest BCUT2D eigenvalue weighted by molar-refractivity contribution is 6.28. The maximum atomic E-state index is 11.7. The zero-order chi connectivity index (χ0) is 16.7. The molecule has 118 valence electrons. The van der Waals surface area contributed by atoms with Crippen molar-refractivity contribution >= 4 is 28.5 Å². The van der Waals surface area contributed by atoms with E-state index >= 15 is 0 Å². The normalized spacial score (nSPS) is 14.0. The van der Waals surface area contributed by atoms with Gasteiger partial charge in [0.2, 0.25) is 0 Å². The minimum absolute atomic E-state index is 0.330. The summed E-state index contributed by atoms with van der Waals surface area (Å²) in [7, 11) is 1.61. The number of benzene rings is 2. The lowest BCUT2D eigenvalue weighted by Gasteiger charge is -2.13. The number of carbonyl (C=O) groups excluding carboxylic acids is 2. The summed E-state index contributed by atoms with van der Waals surface area (Å²) in [5.41, 5.74) is 2.14. The summed E-state index contributed by atoms with van der Waals surface area (Å²) in [5.74, 6) is 0.784. The zero-order valence-corrected chi connectivity index (χ0v) is 12.9. The van der Waals surface area contributed by atoms with Gasteiger partial charge < -0.3 is 9.15 Å². The molecule has 0 atom stereocenters. The predicted octanol–water partition coefficient (Wildman–Crippen LogP) is 3.54. The highest BCUT2D eigenvalue weighted by Crippen LogP contribution is 2.31. The van der Waals surface area contributed by atoms with Crippen LogP contribution in [0.2, 0.25) is 0 Å². The Morgan fingerprint density at radius 3 is 2.29 bits per heavy atom. The number of furan rings is 1. The summed E-state index contributed by atoms with van der Waals surface area (Å²) in [5, 5.41) is 0.976. The quantitative estimate of drug-likeness (QED) is 0.693. The summed E-state index contributed by atoms with van der Waals surface area (Å²) in [6.45, 7) is 0. The van der Waals surface area contributed by atoms with Crippen LogP contribution in [0.4, 0.5) is 5.69 Å². The first kappa shape index (κ1) is 14.3. The molecule has 0 saturated carbocycles. The van der Waals surface area contributed by atoms with Gasteiger partial charge in [-0.25, -0.2) is 4.90 Å². The van der Waals surface area contributed by atoms with Crippen molar-refractivity contribution < 1.29 is 18.7 Å². The molecule has 0 fully saturated rings. The van der Waals surface area contributed by atoms with Crippen molar-refractivity contribution in [1.82, 2.24) is 0 Å². The van der Waals surface area contributed by atoms with Gasteiger partial charge in [-0.15, -0.1) is 0 Å². The van der Waals surface area contributed by atoms with Gasteiger partial charge in [-0.3, -0.25) is 9.59 Å². The molecule has 0 spiro atoms. The molecule has 0 unspecified atom stereocenters. The molecule has 2 aromatic carbocycles. The third-order valence-corrected chi connectivity index (χ3v) is 3.95. The number of methoxy groups -OCH3 is 1. The van der Waals surface area contributed by atoms with Crippen LogP contribution >= 0.6 is 0 Å². The van der Waals surface area contributed by atoms with E-state index in [9.17, 15) is 9.59 Å². The number of carbonyl (C=O) groups is 2. The number of hydrogen-bond acceptors (Lipinski definition) is 4. The van der Waals surface area contributed by atoms with Gasteiger partial charge in [-0.05, 0) is 42.5 Å². The molecule has 0 radical (unpaired) electrons. The molecule has 1 aromatic heterocycles. The number of amides is 2. The Balaban J connectivity index is 1.68. The number of anilines is 1. The fraction of sp³-hybridized carbons (Fsp3) is 0.0526. The van der Waals surface area contributed by atoms with Crippen LogP contribution in [-0.4, -0.2) is 18.9 Å². The van der Waals surface area contributed by atoms with Crippen molar-refractivity contribution in [3.8, 4) is 17.1 Å². The third kappa shape index (κ3) is 2.27. The number of hydrogen-bond donors (Lipinski definition) is 0. The number of ether oxygens (including phenoxy) is 1. The molecule has 1 aliphatic heterocycles. The Morgan fingerprint density at radius 1 is 0.917 bits per heavy atom. The van der Waals surface area contributed by atoms with Crippen LogP contribution in [0.25, 0.3) is 22.3 Å². The second-order valence-electron chi connectivity index (χ2n) is 5.41. The van der Waals surface area contributed by atoms with Gasteiger partial charge in [-0.1, -0.05) is 0 Å². The van der Waals surface area contributed by atoms with E-state index in [1.165, 1.54) is 12.2 Å². The smallest absolute Gasteiger partial charge is 0.258 e. The van der Waals surface area contributed by atoms with Crippen molar-refractivity contribution in [1.29, 1.82) is 0 Å². The molecule has 2 amide bonds. The number of rotatable bonds is 3. The van der Waals surface area contributed by atoms with E-state index in [0.29, 0.717) is 11.4 Å². The van der Waals surface area contributed by atoms with E-state index in [4.69, 9.17) is 9.15 Å². The first-order valence-electron chi connectivity index (χ1n) is 7.40. The van der Waals surface area contributed by atoms with Crippen LogP contribution in [0.1, 0.15) is 0 Å². The highest BCUT2D eigenvalue weighted by atomic mass is 16.5. The first-order valence-corrected chi connectivity index (χ1v) is 7.40. The van der Waals surface area contributed by atoms with Gasteiger partial charge in [0.1, 0.15) is 17.1 Å². The van der Waals surface area contributed by atoms with Crippen molar-refractivity contribution in [3.05, 3.63) is 60.7 Å². The summed E-state index contributed by atoms with van der Waals surface area (Å²) >= 11 is 0. The average molecular weight is 319 g/mol. The standard InChI is InChI=1S/C19H13NO4/c1-23-15-7-4-13-10-16(24-17(13)11-15)12-2-5-14(6-3-12)20-18(21)8-9-19(20)22/h2-11H,1H3. The molecular formula is C19H13NO4. The lowest BCUT2D eigenvalue weighted by atomic mass is 10.1. The van der Waals surface area contributed by atoms with Gasteiger partial charge in [-0.2, -0.15) is 0 Å². The van der Waals surface area contributed by atoms with E-state index in [-0.39, 0.29) is 11.8 Å². The number of imide groups is 1. The predicted molar refractivity (Wildman–Crippen MR) is 89.8 cm³/mol. The SMILES string of the molecule is COc1ccc2cc(-c3ccc(N4C(=O)C=CC4=O)cc3)oc2c1. The fourth-order valence-electron chi connectivity index (χ4n) is 2.71. The van der Waals surface area contributed by atoms with E-state index in [1.54, 1.807) is 19.2 Å². The summed E-state index contributed by atoms with van der Waals surface area (Å²) < 4.78 is 11.1. The number of nitrogens with zero attached hydrogens (tertiary/aromatic N) is 1. The zero-order valence-electron chi connectivity index (χ0n) is 12.9. The van der Waals surface area contributed by atoms with Gasteiger partial charge in [0.25, 0.3) is 11.8 Å². The molecule has 0 bridgehead atoms. The van der Waals surface area contributed by atoms with E-state index in [0.717, 1.165) is 27.2 Å². The molecule has 5 heteroatoms. The van der Waals surface area contributed by atoms with Crippen LogP contribution < -0.4 is 9.64 Å². The van der Waals surface area contributed by atoms with Crippen LogP contribution in [-0.2, 0) is 9.59 Å². The van der Waals surface area contributed by atoms with Crippen LogP contribution in [0.5, 0.6) is 5.75 Å². The van der Waals surface area contributed by atoms with Gasteiger partial charge in [0.15, 0.2) is 0 Å². The van der Waals surface area contributed by atoms with E-state index < -0.39 is 0 Å². The second-order valence-corrected chi connectivity index (χ2v) is 5.41. The Kier molecular flexibility index (Phi) is 3.20. The Morgan fingerprint density at radius 2 is 1.62 bits per heavy atom. The van der Waals surface area contributed by atoms with Crippen molar-refractivity contribution in [3.63, 3.8) is 0 Å². The molecule has 2 heterocycles. The minimum Gasteiger partial charge on any atom is -0.497 e. The average Bonchev–Trinajstić information content (AvgIpc) is 3.17. The molecule has 0 saturated heterocycles. The van der Waals surface area contributed by atoms with Crippen LogP contribution in [0.3, 0.4) is 0 Å². The van der Waals surface area contributed by atoms with Gasteiger partial charge >= 0.3 is 0 Å². The lowest BCUT2D eigenvalue weighted by molar-refractivity contribution is -0.119. The third-order valence-electron chi connectivity index (χ3n) is 3.95. The van der Waals surface area contributed by atoms with Crippen LogP contribution in [0, 0.1) is 0 Å². The van der Waals surface area contributed by atoms with Crippen molar-refractivity contribution in [2.75, 3.05) is 12.0 Å². The maximum Gasteiger partial charge on any atom is 0.258 e. The summed E-state index contributed by atoms with van der Waals surface area (Å²) in [6.07, 6.45) is 2.53. The largest absolute Gasteiger partial charge is 0.497 e. The highest BCUT2D eigenvalue weighted by Gasteiger charge is 2.24. The summed E-state index contributed by atoms with van der Waals surface area (Å²) in [4.78, 5) is 24.5. The molecule has 24 heavy (non-hydrogen) atoms. The van der Waals surface area contributed by atoms with E-state index in [2.05, 4.69) is 0 Å². The van der Waals surface area contributed by atoms with Crippen LogP contribution in [0.15, 0.2) is 65.1 Å². The molecule has 4 rings (SSSR count).